The molecule has 0 bridgehead atoms. The zero-order chi connectivity index (χ0) is 18.1. The summed E-state index contributed by atoms with van der Waals surface area (Å²) in [6.45, 7) is -0.879. The number of methoxy groups -OCH3 is 1. The molecule has 2 aliphatic heterocycles. The van der Waals surface area contributed by atoms with Gasteiger partial charge in [0.25, 0.3) is 0 Å². The zero-order valence-electron chi connectivity index (χ0n) is 13.6. The van der Waals surface area contributed by atoms with Crippen molar-refractivity contribution in [2.75, 3.05) is 20.3 Å². The van der Waals surface area contributed by atoms with Crippen molar-refractivity contribution in [3.05, 3.63) is 23.8 Å². The molecule has 1 aromatic carbocycles. The molecule has 2 saturated heterocycles. The normalized spacial score (nSPS) is 38.2. The van der Waals surface area contributed by atoms with Crippen molar-refractivity contribution in [2.24, 2.45) is 0 Å². The Balaban J connectivity index is 1.87. The molecule has 0 amide bonds. The summed E-state index contributed by atoms with van der Waals surface area (Å²) in [5.74, 6) is 0.171. The number of ether oxygens (including phenoxy) is 4. The molecule has 7 atom stereocenters. The maximum absolute atomic E-state index is 10.3. The van der Waals surface area contributed by atoms with Gasteiger partial charge in [0.2, 0.25) is 0 Å². The predicted octanol–water partition coefficient (Wildman–Crippen LogP) is -1.34. The summed E-state index contributed by atoms with van der Waals surface area (Å²) in [4.78, 5) is 0. The van der Waals surface area contributed by atoms with E-state index in [1.807, 2.05) is 0 Å². The van der Waals surface area contributed by atoms with E-state index in [0.29, 0.717) is 5.56 Å². The Kier molecular flexibility index (Phi) is 5.44. The molecule has 0 saturated carbocycles. The molecule has 25 heavy (non-hydrogen) atoms. The summed E-state index contributed by atoms with van der Waals surface area (Å²) >= 11 is 0. The van der Waals surface area contributed by atoms with E-state index < -0.39 is 49.5 Å². The monoisotopic (exact) mass is 358 g/mol. The average molecular weight is 358 g/mol. The summed E-state index contributed by atoms with van der Waals surface area (Å²) < 4.78 is 22.0. The summed E-state index contributed by atoms with van der Waals surface area (Å²) in [7, 11) is 1.40. The van der Waals surface area contributed by atoms with Crippen LogP contribution in [0.4, 0.5) is 0 Å². The van der Waals surface area contributed by atoms with E-state index in [1.54, 1.807) is 6.07 Å². The molecule has 5 N–H and O–H groups in total. The highest BCUT2D eigenvalue weighted by Gasteiger charge is 2.51. The average Bonchev–Trinajstić information content (AvgIpc) is 2.64. The predicted molar refractivity (Wildman–Crippen MR) is 82.0 cm³/mol. The van der Waals surface area contributed by atoms with Crippen molar-refractivity contribution in [3.8, 4) is 11.5 Å². The van der Waals surface area contributed by atoms with Gasteiger partial charge >= 0.3 is 0 Å². The Morgan fingerprint density at radius 2 is 1.68 bits per heavy atom. The molecule has 0 unspecified atom stereocenters. The molecular weight excluding hydrogens is 336 g/mol. The lowest BCUT2D eigenvalue weighted by Crippen LogP contribution is -2.63. The smallest absolute Gasteiger partial charge is 0.187 e. The lowest BCUT2D eigenvalue weighted by Gasteiger charge is -2.48. The maximum atomic E-state index is 10.3. The standard InChI is InChI=1S/C16H22O9/c1-22-9-4-7(2-3-8(9)19)14-11(6-18)24-16-15(25-14)13(21)12(20)10(5-17)23-16/h2-4,10-21H,5-6H2,1H3/t10-,11-,12-,13+,14-,15-,16-/m1/s1. The van der Waals surface area contributed by atoms with Crippen LogP contribution in [0.25, 0.3) is 0 Å². The number of phenolic OH excluding ortho intramolecular Hbond substituents is 1. The van der Waals surface area contributed by atoms with Crippen molar-refractivity contribution >= 4 is 0 Å². The first kappa shape index (κ1) is 18.3. The molecule has 3 rings (SSSR count). The van der Waals surface area contributed by atoms with Crippen molar-refractivity contribution in [2.45, 2.75) is 42.9 Å². The van der Waals surface area contributed by atoms with E-state index in [0.717, 1.165) is 0 Å². The third-order valence-corrected chi connectivity index (χ3v) is 4.49. The number of phenols is 1. The number of aromatic hydroxyl groups is 1. The van der Waals surface area contributed by atoms with E-state index in [9.17, 15) is 25.5 Å². The highest BCUT2D eigenvalue weighted by Crippen LogP contribution is 2.39. The Hall–Kier alpha value is -1.46. The lowest BCUT2D eigenvalue weighted by molar-refractivity contribution is -0.371. The minimum absolute atomic E-state index is 0.0522. The third-order valence-electron chi connectivity index (χ3n) is 4.49. The maximum Gasteiger partial charge on any atom is 0.187 e. The Morgan fingerprint density at radius 1 is 1.00 bits per heavy atom. The van der Waals surface area contributed by atoms with E-state index in [4.69, 9.17) is 18.9 Å². The number of rotatable bonds is 4. The van der Waals surface area contributed by atoms with Crippen molar-refractivity contribution in [1.82, 2.24) is 0 Å². The Morgan fingerprint density at radius 3 is 2.32 bits per heavy atom. The molecule has 9 nitrogen and oxygen atoms in total. The van der Waals surface area contributed by atoms with Gasteiger partial charge in [0.15, 0.2) is 17.8 Å². The second-order valence-corrected chi connectivity index (χ2v) is 6.02. The number of aliphatic hydroxyl groups is 4. The summed E-state index contributed by atoms with van der Waals surface area (Å²) in [5.41, 5.74) is 0.554. The van der Waals surface area contributed by atoms with Crippen molar-refractivity contribution in [1.29, 1.82) is 0 Å². The minimum atomic E-state index is -1.34. The summed E-state index contributed by atoms with van der Waals surface area (Å²) in [6.07, 6.45) is -7.32. The van der Waals surface area contributed by atoms with Gasteiger partial charge in [-0.25, -0.2) is 0 Å². The molecule has 2 aliphatic rings. The second-order valence-electron chi connectivity index (χ2n) is 6.02. The molecule has 0 radical (unpaired) electrons. The van der Waals surface area contributed by atoms with Crippen LogP contribution in [0.2, 0.25) is 0 Å². The second kappa shape index (κ2) is 7.42. The molecule has 0 aliphatic carbocycles. The van der Waals surface area contributed by atoms with E-state index in [1.165, 1.54) is 19.2 Å². The van der Waals surface area contributed by atoms with Crippen LogP contribution in [0.1, 0.15) is 11.7 Å². The van der Waals surface area contributed by atoms with Gasteiger partial charge in [-0.15, -0.1) is 0 Å². The first-order valence-electron chi connectivity index (χ1n) is 7.91. The van der Waals surface area contributed by atoms with Crippen LogP contribution in [0.15, 0.2) is 18.2 Å². The van der Waals surface area contributed by atoms with Crippen LogP contribution < -0.4 is 4.74 Å². The first-order chi connectivity index (χ1) is 12.0. The molecule has 0 spiro atoms. The molecule has 1 aromatic rings. The van der Waals surface area contributed by atoms with Gasteiger partial charge in [-0.3, -0.25) is 0 Å². The fourth-order valence-electron chi connectivity index (χ4n) is 3.11. The van der Waals surface area contributed by atoms with Gasteiger partial charge in [-0.1, -0.05) is 6.07 Å². The van der Waals surface area contributed by atoms with Crippen LogP contribution in [-0.4, -0.2) is 82.7 Å². The van der Waals surface area contributed by atoms with Crippen LogP contribution in [0, 0.1) is 0 Å². The van der Waals surface area contributed by atoms with Crippen LogP contribution in [0.5, 0.6) is 11.5 Å². The molecule has 2 heterocycles. The molecule has 2 fully saturated rings. The van der Waals surface area contributed by atoms with Gasteiger partial charge in [0.1, 0.15) is 36.6 Å². The topological polar surface area (TPSA) is 138 Å². The fraction of sp³-hybridized carbons (Fsp3) is 0.625. The highest BCUT2D eigenvalue weighted by molar-refractivity contribution is 5.42. The third kappa shape index (κ3) is 3.32. The van der Waals surface area contributed by atoms with Gasteiger partial charge in [-0.2, -0.15) is 0 Å². The van der Waals surface area contributed by atoms with Crippen LogP contribution >= 0.6 is 0 Å². The summed E-state index contributed by atoms with van der Waals surface area (Å²) in [6, 6.07) is 4.54. The quantitative estimate of drug-likeness (QED) is 0.442. The molecule has 9 heteroatoms. The molecular formula is C16H22O9. The first-order valence-corrected chi connectivity index (χ1v) is 7.91. The number of aliphatic hydroxyl groups excluding tert-OH is 4. The van der Waals surface area contributed by atoms with Crippen LogP contribution in [-0.2, 0) is 14.2 Å². The van der Waals surface area contributed by atoms with Gasteiger partial charge in [-0.05, 0) is 17.7 Å². The number of benzene rings is 1. The van der Waals surface area contributed by atoms with Gasteiger partial charge in [0, 0.05) is 0 Å². The zero-order valence-corrected chi connectivity index (χ0v) is 13.6. The number of fused-ring (bicyclic) bond motifs is 1. The van der Waals surface area contributed by atoms with E-state index >= 15 is 0 Å². The Labute approximate surface area is 143 Å². The number of hydrogen-bond acceptors (Lipinski definition) is 9. The van der Waals surface area contributed by atoms with Gasteiger partial charge in [0.05, 0.1) is 20.3 Å². The Bertz CT molecular complexity index is 595. The van der Waals surface area contributed by atoms with E-state index in [-0.39, 0.29) is 18.1 Å². The van der Waals surface area contributed by atoms with Crippen LogP contribution in [0.3, 0.4) is 0 Å². The minimum Gasteiger partial charge on any atom is -0.504 e. The SMILES string of the molecule is COc1cc([C@H]2O[C@H]3[C@H](O[C@H](CO)[C@@H](O)[C@@H]3O)O[C@@H]2CO)ccc1O. The van der Waals surface area contributed by atoms with Gasteiger partial charge < -0.3 is 44.5 Å². The summed E-state index contributed by atoms with van der Waals surface area (Å²) in [5, 5.41) is 48.8. The fourth-order valence-corrected chi connectivity index (χ4v) is 3.11. The van der Waals surface area contributed by atoms with Crippen molar-refractivity contribution < 1.29 is 44.5 Å². The van der Waals surface area contributed by atoms with Crippen molar-refractivity contribution in [3.63, 3.8) is 0 Å². The molecule has 0 aromatic heterocycles. The largest absolute Gasteiger partial charge is 0.504 e. The number of hydrogen-bond donors (Lipinski definition) is 5. The highest BCUT2D eigenvalue weighted by atomic mass is 16.7. The molecule has 140 valence electrons. The lowest BCUT2D eigenvalue weighted by atomic mass is 9.95. The van der Waals surface area contributed by atoms with E-state index in [2.05, 4.69) is 0 Å².